The second-order valence-corrected chi connectivity index (χ2v) is 5.20. The van der Waals surface area contributed by atoms with Gasteiger partial charge in [-0.2, -0.15) is 4.98 Å². The number of fused-ring (bicyclic) bond motifs is 1. The van der Waals surface area contributed by atoms with Crippen LogP contribution < -0.4 is 21.5 Å². The van der Waals surface area contributed by atoms with E-state index in [1.165, 1.54) is 0 Å². The van der Waals surface area contributed by atoms with E-state index in [2.05, 4.69) is 15.3 Å². The minimum absolute atomic E-state index is 0.0420. The Morgan fingerprint density at radius 3 is 2.67 bits per heavy atom. The highest BCUT2D eigenvalue weighted by Gasteiger charge is 2.06. The van der Waals surface area contributed by atoms with E-state index >= 15 is 0 Å². The van der Waals surface area contributed by atoms with Gasteiger partial charge in [0.1, 0.15) is 11.6 Å². The Morgan fingerprint density at radius 2 is 1.88 bits per heavy atom. The van der Waals surface area contributed by atoms with Gasteiger partial charge < -0.3 is 21.5 Å². The van der Waals surface area contributed by atoms with Crippen LogP contribution in [0.1, 0.15) is 5.56 Å². The standard InChI is InChI=1S/C17H17N5O2/c18-16-13-7-6-11(8-14(13)21-17(19)22-16)9-20-15(23)10-24-12-4-2-1-3-5-12/h1-8H,9-10H2,(H,20,23)(H4,18,19,21,22). The Kier molecular flexibility index (Phi) is 4.42. The van der Waals surface area contributed by atoms with Gasteiger partial charge in [-0.15, -0.1) is 0 Å². The number of ether oxygens (including phenoxy) is 1. The van der Waals surface area contributed by atoms with Gasteiger partial charge in [0.15, 0.2) is 6.61 Å². The van der Waals surface area contributed by atoms with Gasteiger partial charge in [-0.1, -0.05) is 24.3 Å². The van der Waals surface area contributed by atoms with E-state index in [1.807, 2.05) is 36.4 Å². The number of nitrogens with two attached hydrogens (primary N) is 2. The Balaban J connectivity index is 1.60. The molecule has 0 atom stereocenters. The van der Waals surface area contributed by atoms with Crippen LogP contribution in [0.15, 0.2) is 48.5 Å². The molecule has 0 spiro atoms. The second kappa shape index (κ2) is 6.82. The van der Waals surface area contributed by atoms with Crippen LogP contribution >= 0.6 is 0 Å². The van der Waals surface area contributed by atoms with Crippen LogP contribution in [-0.2, 0) is 11.3 Å². The summed E-state index contributed by atoms with van der Waals surface area (Å²) in [5.74, 6) is 0.906. The average molecular weight is 323 g/mol. The SMILES string of the molecule is Nc1nc(N)c2ccc(CNC(=O)COc3ccccc3)cc2n1. The number of nitrogens with zero attached hydrogens (tertiary/aromatic N) is 2. The average Bonchev–Trinajstić information content (AvgIpc) is 2.58. The van der Waals surface area contributed by atoms with Crippen molar-refractivity contribution in [1.82, 2.24) is 15.3 Å². The highest BCUT2D eigenvalue weighted by Crippen LogP contribution is 2.19. The van der Waals surface area contributed by atoms with Gasteiger partial charge in [-0.3, -0.25) is 4.79 Å². The van der Waals surface area contributed by atoms with E-state index in [1.54, 1.807) is 12.1 Å². The smallest absolute Gasteiger partial charge is 0.258 e. The summed E-state index contributed by atoms with van der Waals surface area (Å²) in [6, 6.07) is 14.7. The van der Waals surface area contributed by atoms with Gasteiger partial charge >= 0.3 is 0 Å². The predicted octanol–water partition coefficient (Wildman–Crippen LogP) is 1.49. The Bertz CT molecular complexity index is 867. The number of carbonyl (C=O) groups excluding carboxylic acids is 1. The number of para-hydroxylation sites is 1. The second-order valence-electron chi connectivity index (χ2n) is 5.20. The molecule has 3 rings (SSSR count). The lowest BCUT2D eigenvalue weighted by Crippen LogP contribution is -2.28. The first-order valence-electron chi connectivity index (χ1n) is 7.38. The van der Waals surface area contributed by atoms with Crippen LogP contribution in [0.5, 0.6) is 5.75 Å². The van der Waals surface area contributed by atoms with Crippen LogP contribution in [0, 0.1) is 0 Å². The van der Waals surface area contributed by atoms with Gasteiger partial charge in [0.2, 0.25) is 5.95 Å². The van der Waals surface area contributed by atoms with Crippen LogP contribution in [0.4, 0.5) is 11.8 Å². The van der Waals surface area contributed by atoms with E-state index in [-0.39, 0.29) is 18.5 Å². The zero-order valence-electron chi connectivity index (χ0n) is 12.9. The molecular formula is C17H17N5O2. The predicted molar refractivity (Wildman–Crippen MR) is 92.1 cm³/mol. The molecule has 122 valence electrons. The maximum absolute atomic E-state index is 11.9. The van der Waals surface area contributed by atoms with Crippen LogP contribution in [-0.4, -0.2) is 22.5 Å². The van der Waals surface area contributed by atoms with Gasteiger partial charge in [-0.25, -0.2) is 4.98 Å². The third kappa shape index (κ3) is 3.70. The van der Waals surface area contributed by atoms with Crippen molar-refractivity contribution in [3.05, 3.63) is 54.1 Å². The lowest BCUT2D eigenvalue weighted by Gasteiger charge is -2.08. The molecule has 0 radical (unpaired) electrons. The summed E-state index contributed by atoms with van der Waals surface area (Å²) in [5.41, 5.74) is 12.9. The van der Waals surface area contributed by atoms with E-state index in [4.69, 9.17) is 16.2 Å². The Labute approximate surface area is 138 Å². The van der Waals surface area contributed by atoms with Crippen molar-refractivity contribution in [3.63, 3.8) is 0 Å². The molecule has 3 aromatic rings. The van der Waals surface area contributed by atoms with Gasteiger partial charge in [0, 0.05) is 11.9 Å². The maximum atomic E-state index is 11.9. The summed E-state index contributed by atoms with van der Waals surface area (Å²) in [7, 11) is 0. The number of nitrogens with one attached hydrogen (secondary N) is 1. The maximum Gasteiger partial charge on any atom is 0.258 e. The topological polar surface area (TPSA) is 116 Å². The van der Waals surface area contributed by atoms with E-state index in [0.717, 1.165) is 10.9 Å². The van der Waals surface area contributed by atoms with Crippen molar-refractivity contribution in [3.8, 4) is 5.75 Å². The number of aromatic nitrogens is 2. The van der Waals surface area contributed by atoms with Crippen molar-refractivity contribution in [2.24, 2.45) is 0 Å². The van der Waals surface area contributed by atoms with Gasteiger partial charge in [0.25, 0.3) is 5.91 Å². The molecule has 1 aromatic heterocycles. The monoisotopic (exact) mass is 323 g/mol. The fourth-order valence-corrected chi connectivity index (χ4v) is 2.25. The van der Waals surface area contributed by atoms with Gasteiger partial charge in [-0.05, 0) is 29.8 Å². The molecule has 7 nitrogen and oxygen atoms in total. The number of hydrogen-bond donors (Lipinski definition) is 3. The van der Waals surface area contributed by atoms with Crippen LogP contribution in [0.2, 0.25) is 0 Å². The number of hydrogen-bond acceptors (Lipinski definition) is 6. The third-order valence-corrected chi connectivity index (χ3v) is 3.41. The molecule has 0 aliphatic rings. The first-order valence-corrected chi connectivity index (χ1v) is 7.38. The molecule has 0 aliphatic carbocycles. The van der Waals surface area contributed by atoms with E-state index < -0.39 is 0 Å². The van der Waals surface area contributed by atoms with Crippen LogP contribution in [0.25, 0.3) is 10.9 Å². The highest BCUT2D eigenvalue weighted by atomic mass is 16.5. The Morgan fingerprint density at radius 1 is 1.08 bits per heavy atom. The van der Waals surface area contributed by atoms with Crippen molar-refractivity contribution in [2.75, 3.05) is 18.1 Å². The molecule has 0 fully saturated rings. The normalized spacial score (nSPS) is 10.5. The van der Waals surface area contributed by atoms with Crippen molar-refractivity contribution in [1.29, 1.82) is 0 Å². The largest absolute Gasteiger partial charge is 0.484 e. The molecule has 0 unspecified atom stereocenters. The summed E-state index contributed by atoms with van der Waals surface area (Å²) >= 11 is 0. The number of anilines is 2. The first-order chi connectivity index (χ1) is 11.6. The molecular weight excluding hydrogens is 306 g/mol. The summed E-state index contributed by atoms with van der Waals surface area (Å²) in [5, 5.41) is 3.52. The highest BCUT2D eigenvalue weighted by molar-refractivity contribution is 5.89. The molecule has 1 amide bonds. The van der Waals surface area contributed by atoms with E-state index in [0.29, 0.717) is 23.6 Å². The lowest BCUT2D eigenvalue weighted by atomic mass is 10.1. The summed E-state index contributed by atoms with van der Waals surface area (Å²) in [6.07, 6.45) is 0. The molecule has 5 N–H and O–H groups in total. The molecule has 2 aromatic carbocycles. The first kappa shape index (κ1) is 15.5. The zero-order chi connectivity index (χ0) is 16.9. The Hall–Kier alpha value is -3.35. The molecule has 0 saturated heterocycles. The fourth-order valence-electron chi connectivity index (χ4n) is 2.25. The molecule has 0 saturated carbocycles. The number of benzene rings is 2. The molecule has 0 bridgehead atoms. The fraction of sp³-hybridized carbons (Fsp3) is 0.118. The van der Waals surface area contributed by atoms with E-state index in [9.17, 15) is 4.79 Å². The zero-order valence-corrected chi connectivity index (χ0v) is 12.9. The number of amides is 1. The quantitative estimate of drug-likeness (QED) is 0.655. The van der Waals surface area contributed by atoms with Crippen molar-refractivity contribution >= 4 is 28.6 Å². The summed E-state index contributed by atoms with van der Waals surface area (Å²) < 4.78 is 5.39. The minimum atomic E-state index is -0.208. The summed E-state index contributed by atoms with van der Waals surface area (Å²) in [4.78, 5) is 19.9. The third-order valence-electron chi connectivity index (χ3n) is 3.41. The van der Waals surface area contributed by atoms with Crippen LogP contribution in [0.3, 0.4) is 0 Å². The number of carbonyl (C=O) groups is 1. The van der Waals surface area contributed by atoms with Gasteiger partial charge in [0.05, 0.1) is 5.52 Å². The molecule has 0 aliphatic heterocycles. The van der Waals surface area contributed by atoms with Crippen molar-refractivity contribution < 1.29 is 9.53 Å². The number of nitrogen functional groups attached to an aromatic ring is 2. The molecule has 7 heteroatoms. The minimum Gasteiger partial charge on any atom is -0.484 e. The molecule has 1 heterocycles. The number of rotatable bonds is 5. The lowest BCUT2D eigenvalue weighted by molar-refractivity contribution is -0.123. The van der Waals surface area contributed by atoms with Crippen molar-refractivity contribution in [2.45, 2.75) is 6.54 Å². The molecule has 24 heavy (non-hydrogen) atoms. The summed E-state index contributed by atoms with van der Waals surface area (Å²) in [6.45, 7) is 0.316.